The summed E-state index contributed by atoms with van der Waals surface area (Å²) in [5.74, 6) is -0.0506. The molecular weight excluding hydrogens is 289 g/mol. The highest BCUT2D eigenvalue weighted by atomic mass is 32.2. The van der Waals surface area contributed by atoms with E-state index < -0.39 is 15.7 Å². The molecule has 0 amide bonds. The normalized spacial score (nSPS) is 18.6. The van der Waals surface area contributed by atoms with Gasteiger partial charge in [0.05, 0.1) is 10.6 Å². The Labute approximate surface area is 126 Å². The van der Waals surface area contributed by atoms with E-state index in [1.54, 1.807) is 0 Å². The highest BCUT2D eigenvalue weighted by Gasteiger charge is 2.28. The fourth-order valence-corrected chi connectivity index (χ4v) is 4.79. The van der Waals surface area contributed by atoms with Gasteiger partial charge in [0.25, 0.3) is 0 Å². The molecule has 0 radical (unpaired) electrons. The fraction of sp³-hybridized carbons (Fsp3) is 0.625. The summed E-state index contributed by atoms with van der Waals surface area (Å²) in [6.07, 6.45) is 5.75. The van der Waals surface area contributed by atoms with Crippen molar-refractivity contribution in [3.05, 3.63) is 30.1 Å². The van der Waals surface area contributed by atoms with Gasteiger partial charge in [-0.3, -0.25) is 0 Å². The van der Waals surface area contributed by atoms with Crippen molar-refractivity contribution in [2.45, 2.75) is 50.0 Å². The number of rotatable bonds is 6. The van der Waals surface area contributed by atoms with Crippen LogP contribution in [0.1, 0.15) is 39.0 Å². The van der Waals surface area contributed by atoms with Gasteiger partial charge in [0.2, 0.25) is 0 Å². The van der Waals surface area contributed by atoms with E-state index in [1.807, 2.05) is 6.92 Å². The molecule has 3 nitrogen and oxygen atoms in total. The standard InChI is InChI=1S/C16H24FNO2S/c1-2-18-16(13-7-4-3-5-8-13)12-21(19,20)15-10-6-9-14(17)11-15/h6,9-11,13,16,18H,2-5,7-8,12H2,1H3. The van der Waals surface area contributed by atoms with E-state index in [9.17, 15) is 12.8 Å². The van der Waals surface area contributed by atoms with Crippen LogP contribution < -0.4 is 5.32 Å². The number of halogens is 1. The Morgan fingerprint density at radius 2 is 2.00 bits per heavy atom. The molecule has 1 unspecified atom stereocenters. The van der Waals surface area contributed by atoms with Crippen LogP contribution in [-0.4, -0.2) is 26.8 Å². The Bertz CT molecular complexity index is 553. The van der Waals surface area contributed by atoms with Crippen LogP contribution in [0.15, 0.2) is 29.2 Å². The summed E-state index contributed by atoms with van der Waals surface area (Å²) in [6, 6.07) is 5.26. The summed E-state index contributed by atoms with van der Waals surface area (Å²) < 4.78 is 38.3. The van der Waals surface area contributed by atoms with E-state index in [4.69, 9.17) is 0 Å². The summed E-state index contributed by atoms with van der Waals surface area (Å²) in [6.45, 7) is 2.74. The second-order valence-electron chi connectivity index (χ2n) is 5.80. The van der Waals surface area contributed by atoms with Crippen LogP contribution in [0, 0.1) is 11.7 Å². The predicted molar refractivity (Wildman–Crippen MR) is 82.5 cm³/mol. The highest BCUT2D eigenvalue weighted by Crippen LogP contribution is 2.28. The maximum absolute atomic E-state index is 13.3. The zero-order valence-electron chi connectivity index (χ0n) is 12.5. The van der Waals surface area contributed by atoms with Crippen molar-refractivity contribution in [2.75, 3.05) is 12.3 Å². The first-order valence-electron chi connectivity index (χ1n) is 7.74. The zero-order chi connectivity index (χ0) is 15.3. The van der Waals surface area contributed by atoms with Crippen LogP contribution >= 0.6 is 0 Å². The molecule has 1 N–H and O–H groups in total. The Kier molecular flexibility index (Phi) is 5.76. The van der Waals surface area contributed by atoms with Crippen molar-refractivity contribution in [1.29, 1.82) is 0 Å². The van der Waals surface area contributed by atoms with Crippen LogP contribution in [0.3, 0.4) is 0 Å². The van der Waals surface area contributed by atoms with Gasteiger partial charge in [-0.15, -0.1) is 0 Å². The molecule has 2 rings (SSSR count). The average molecular weight is 313 g/mol. The van der Waals surface area contributed by atoms with Crippen molar-refractivity contribution in [3.63, 3.8) is 0 Å². The summed E-state index contributed by atoms with van der Waals surface area (Å²) in [4.78, 5) is 0.0845. The maximum Gasteiger partial charge on any atom is 0.180 e. The third-order valence-corrected chi connectivity index (χ3v) is 6.01. The number of benzene rings is 1. The van der Waals surface area contributed by atoms with Gasteiger partial charge in [0, 0.05) is 6.04 Å². The molecule has 1 fully saturated rings. The molecule has 0 aromatic heterocycles. The van der Waals surface area contributed by atoms with E-state index in [0.717, 1.165) is 25.5 Å². The first-order valence-corrected chi connectivity index (χ1v) is 9.40. The maximum atomic E-state index is 13.3. The topological polar surface area (TPSA) is 46.2 Å². The molecule has 0 aliphatic heterocycles. The molecule has 0 saturated heterocycles. The van der Waals surface area contributed by atoms with Crippen molar-refractivity contribution >= 4 is 9.84 Å². The molecule has 1 saturated carbocycles. The third-order valence-electron chi connectivity index (χ3n) is 4.24. The lowest BCUT2D eigenvalue weighted by atomic mass is 9.84. The van der Waals surface area contributed by atoms with Crippen molar-refractivity contribution in [1.82, 2.24) is 5.32 Å². The molecular formula is C16H24FNO2S. The second-order valence-corrected chi connectivity index (χ2v) is 7.84. The van der Waals surface area contributed by atoms with Gasteiger partial charge in [-0.2, -0.15) is 0 Å². The third kappa shape index (κ3) is 4.51. The minimum atomic E-state index is -3.46. The van der Waals surface area contributed by atoms with Crippen molar-refractivity contribution in [2.24, 2.45) is 5.92 Å². The SMILES string of the molecule is CCNC(CS(=O)(=O)c1cccc(F)c1)C1CCCCC1. The summed E-state index contributed by atoms with van der Waals surface area (Å²) in [5, 5.41) is 3.32. The quantitative estimate of drug-likeness (QED) is 0.877. The minimum absolute atomic E-state index is 0.0384. The summed E-state index contributed by atoms with van der Waals surface area (Å²) >= 11 is 0. The molecule has 5 heteroatoms. The average Bonchev–Trinajstić information content (AvgIpc) is 2.47. The first-order chi connectivity index (χ1) is 10.0. The molecule has 1 aliphatic rings. The summed E-state index contributed by atoms with van der Waals surface area (Å²) in [7, 11) is -3.46. The molecule has 0 spiro atoms. The molecule has 0 heterocycles. The Morgan fingerprint density at radius 3 is 2.62 bits per heavy atom. The van der Waals surface area contributed by atoms with Crippen molar-refractivity contribution < 1.29 is 12.8 Å². The molecule has 21 heavy (non-hydrogen) atoms. The van der Waals surface area contributed by atoms with Crippen LogP contribution in [0.4, 0.5) is 4.39 Å². The first kappa shape index (κ1) is 16.4. The largest absolute Gasteiger partial charge is 0.313 e. The monoisotopic (exact) mass is 313 g/mol. The number of sulfone groups is 1. The fourth-order valence-electron chi connectivity index (χ4n) is 3.15. The van der Waals surface area contributed by atoms with Crippen LogP contribution in [-0.2, 0) is 9.84 Å². The zero-order valence-corrected chi connectivity index (χ0v) is 13.3. The molecule has 1 atom stereocenters. The number of hydrogen-bond donors (Lipinski definition) is 1. The van der Waals surface area contributed by atoms with Crippen LogP contribution in [0.2, 0.25) is 0 Å². The van der Waals surface area contributed by atoms with E-state index in [1.165, 1.54) is 37.5 Å². The van der Waals surface area contributed by atoms with Crippen LogP contribution in [0.5, 0.6) is 0 Å². The lowest BCUT2D eigenvalue weighted by Gasteiger charge is -2.30. The second kappa shape index (κ2) is 7.36. The van der Waals surface area contributed by atoms with Gasteiger partial charge in [0.15, 0.2) is 9.84 Å². The summed E-state index contributed by atoms with van der Waals surface area (Å²) in [5.41, 5.74) is 0. The Balaban J connectivity index is 2.14. The molecule has 1 aliphatic carbocycles. The predicted octanol–water partition coefficient (Wildman–Crippen LogP) is 3.16. The number of hydrogen-bond acceptors (Lipinski definition) is 3. The van der Waals surface area contributed by atoms with Gasteiger partial charge in [-0.05, 0) is 43.5 Å². The van der Waals surface area contributed by atoms with Crippen LogP contribution in [0.25, 0.3) is 0 Å². The molecule has 1 aromatic rings. The lowest BCUT2D eigenvalue weighted by molar-refractivity contribution is 0.285. The van der Waals surface area contributed by atoms with Gasteiger partial charge >= 0.3 is 0 Å². The smallest absolute Gasteiger partial charge is 0.180 e. The van der Waals surface area contributed by atoms with E-state index in [-0.39, 0.29) is 16.7 Å². The van der Waals surface area contributed by atoms with Gasteiger partial charge < -0.3 is 5.32 Å². The Morgan fingerprint density at radius 1 is 1.29 bits per heavy atom. The molecule has 1 aromatic carbocycles. The molecule has 0 bridgehead atoms. The van der Waals surface area contributed by atoms with E-state index in [2.05, 4.69) is 5.32 Å². The lowest BCUT2D eigenvalue weighted by Crippen LogP contribution is -2.42. The minimum Gasteiger partial charge on any atom is -0.313 e. The molecule has 118 valence electrons. The number of nitrogens with one attached hydrogen (secondary N) is 1. The van der Waals surface area contributed by atoms with Gasteiger partial charge in [-0.25, -0.2) is 12.8 Å². The Hall–Kier alpha value is -0.940. The van der Waals surface area contributed by atoms with Gasteiger partial charge in [0.1, 0.15) is 5.82 Å². The van der Waals surface area contributed by atoms with Crippen molar-refractivity contribution in [3.8, 4) is 0 Å². The van der Waals surface area contributed by atoms with E-state index >= 15 is 0 Å². The van der Waals surface area contributed by atoms with E-state index in [0.29, 0.717) is 5.92 Å². The highest BCUT2D eigenvalue weighted by molar-refractivity contribution is 7.91. The van der Waals surface area contributed by atoms with Gasteiger partial charge in [-0.1, -0.05) is 32.3 Å².